The Morgan fingerprint density at radius 1 is 1.32 bits per heavy atom. The van der Waals surface area contributed by atoms with Crippen molar-refractivity contribution in [3.05, 3.63) is 42.0 Å². The number of amides is 2. The molecule has 3 N–H and O–H groups in total. The number of aromatic nitrogens is 1. The molecule has 0 atom stereocenters. The van der Waals surface area contributed by atoms with Crippen molar-refractivity contribution in [2.75, 3.05) is 24.0 Å². The Kier molecular flexibility index (Phi) is 5.42. The van der Waals surface area contributed by atoms with Crippen LogP contribution in [0.5, 0.6) is 5.75 Å². The van der Waals surface area contributed by atoms with E-state index in [4.69, 9.17) is 4.74 Å². The molecule has 2 aromatic carbocycles. The summed E-state index contributed by atoms with van der Waals surface area (Å²) < 4.78 is 6.17. The highest BCUT2D eigenvalue weighted by Crippen LogP contribution is 2.31. The Bertz CT molecular complexity index is 911. The Balaban J connectivity index is 1.77. The molecule has 3 rings (SSSR count). The van der Waals surface area contributed by atoms with Gasteiger partial charge in [0, 0.05) is 17.6 Å². The van der Waals surface area contributed by atoms with E-state index in [9.17, 15) is 9.90 Å². The normalized spacial score (nSPS) is 10.8. The summed E-state index contributed by atoms with van der Waals surface area (Å²) in [5.74, 6) is 0.159. The number of urea groups is 1. The van der Waals surface area contributed by atoms with Gasteiger partial charge in [-0.25, -0.2) is 9.78 Å². The van der Waals surface area contributed by atoms with Gasteiger partial charge in [-0.1, -0.05) is 23.5 Å². The highest BCUT2D eigenvalue weighted by molar-refractivity contribution is 7.98. The minimum atomic E-state index is -0.381. The minimum Gasteiger partial charge on any atom is -0.508 e. The van der Waals surface area contributed by atoms with Crippen molar-refractivity contribution < 1.29 is 14.6 Å². The first-order valence-corrected chi connectivity index (χ1v) is 9.47. The molecule has 0 spiro atoms. The monoisotopic (exact) mass is 375 g/mol. The summed E-state index contributed by atoms with van der Waals surface area (Å²) in [5, 5.41) is 15.6. The van der Waals surface area contributed by atoms with Crippen molar-refractivity contribution in [1.29, 1.82) is 0 Å². The smallest absolute Gasteiger partial charge is 0.325 e. The number of carbonyl (C=O) groups excluding carboxylic acids is 1. The van der Waals surface area contributed by atoms with Crippen LogP contribution in [0, 0.1) is 0 Å². The number of nitrogens with one attached hydrogen (secondary N) is 2. The van der Waals surface area contributed by atoms with Crippen LogP contribution in [0.2, 0.25) is 0 Å². The van der Waals surface area contributed by atoms with Crippen molar-refractivity contribution in [3.8, 4) is 5.75 Å². The van der Waals surface area contributed by atoms with E-state index in [1.807, 2.05) is 24.5 Å². The van der Waals surface area contributed by atoms with E-state index in [1.54, 1.807) is 19.2 Å². The fourth-order valence-electron chi connectivity index (χ4n) is 2.36. The Morgan fingerprint density at radius 2 is 2.16 bits per heavy atom. The van der Waals surface area contributed by atoms with E-state index < -0.39 is 0 Å². The van der Waals surface area contributed by atoms with Gasteiger partial charge < -0.3 is 15.2 Å². The number of anilines is 2. The van der Waals surface area contributed by atoms with E-state index in [2.05, 4.69) is 15.6 Å². The first kappa shape index (κ1) is 17.5. The first-order chi connectivity index (χ1) is 12.1. The van der Waals surface area contributed by atoms with Gasteiger partial charge in [0.1, 0.15) is 5.75 Å². The number of aromatic hydroxyl groups is 1. The zero-order valence-electron chi connectivity index (χ0n) is 13.7. The molecule has 0 aliphatic rings. The van der Waals surface area contributed by atoms with Crippen LogP contribution in [0.15, 0.2) is 41.3 Å². The average Bonchev–Trinajstić information content (AvgIpc) is 3.00. The molecular formula is C17H17N3O3S2. The average molecular weight is 375 g/mol. The second-order valence-corrected chi connectivity index (χ2v) is 7.06. The van der Waals surface area contributed by atoms with Crippen LogP contribution in [0.4, 0.5) is 15.6 Å². The number of methoxy groups -OCH3 is 1. The Labute approximate surface area is 153 Å². The summed E-state index contributed by atoms with van der Waals surface area (Å²) in [6, 6.07) is 10.3. The molecule has 0 saturated heterocycles. The lowest BCUT2D eigenvalue weighted by Crippen LogP contribution is -2.19. The summed E-state index contributed by atoms with van der Waals surface area (Å²) in [7, 11) is 1.64. The predicted octanol–water partition coefficient (Wildman–Crippen LogP) is 4.51. The van der Waals surface area contributed by atoms with Crippen LogP contribution in [0.25, 0.3) is 10.2 Å². The number of thiazole rings is 1. The lowest BCUT2D eigenvalue weighted by Gasteiger charge is -2.09. The van der Waals surface area contributed by atoms with E-state index in [0.29, 0.717) is 17.4 Å². The number of thioether (sulfide) groups is 1. The van der Waals surface area contributed by atoms with Gasteiger partial charge in [0.25, 0.3) is 0 Å². The number of hydrogen-bond acceptors (Lipinski definition) is 6. The van der Waals surface area contributed by atoms with Crippen molar-refractivity contribution in [2.45, 2.75) is 11.5 Å². The van der Waals surface area contributed by atoms with Crippen LogP contribution < -0.4 is 10.6 Å². The first-order valence-electron chi connectivity index (χ1n) is 7.43. The van der Waals surface area contributed by atoms with Crippen LogP contribution in [-0.4, -0.2) is 29.5 Å². The largest absolute Gasteiger partial charge is 0.508 e. The van der Waals surface area contributed by atoms with Crippen molar-refractivity contribution in [1.82, 2.24) is 4.98 Å². The van der Waals surface area contributed by atoms with Gasteiger partial charge in [-0.2, -0.15) is 0 Å². The van der Waals surface area contributed by atoms with E-state index in [0.717, 1.165) is 20.7 Å². The van der Waals surface area contributed by atoms with E-state index >= 15 is 0 Å². The number of carbonyl (C=O) groups is 1. The molecule has 0 bridgehead atoms. The summed E-state index contributed by atoms with van der Waals surface area (Å²) in [5.41, 5.74) is 2.44. The summed E-state index contributed by atoms with van der Waals surface area (Å²) >= 11 is 2.84. The number of para-hydroxylation sites is 1. The number of benzene rings is 2. The van der Waals surface area contributed by atoms with Gasteiger partial charge in [0.15, 0.2) is 5.13 Å². The highest BCUT2D eigenvalue weighted by Gasteiger charge is 2.12. The number of nitrogens with zero attached hydrogens (tertiary/aromatic N) is 1. The number of phenolic OH excluding ortho intramolecular Hbond substituents is 1. The number of rotatable bonds is 5. The van der Waals surface area contributed by atoms with Gasteiger partial charge in [0.05, 0.1) is 22.5 Å². The Morgan fingerprint density at radius 3 is 2.92 bits per heavy atom. The number of hydrogen-bond donors (Lipinski definition) is 3. The molecule has 2 amide bonds. The molecule has 130 valence electrons. The number of ether oxygens (including phenoxy) is 1. The van der Waals surface area contributed by atoms with Gasteiger partial charge in [0.2, 0.25) is 0 Å². The molecule has 0 radical (unpaired) electrons. The molecule has 0 saturated carbocycles. The molecule has 3 aromatic rings. The lowest BCUT2D eigenvalue weighted by molar-refractivity contribution is 0.186. The van der Waals surface area contributed by atoms with Crippen molar-refractivity contribution in [2.24, 2.45) is 0 Å². The Hall–Kier alpha value is -2.29. The third-order valence-corrected chi connectivity index (χ3v) is 5.17. The maximum atomic E-state index is 12.3. The fourth-order valence-corrected chi connectivity index (χ4v) is 3.85. The standard InChI is InChI=1S/C17H17N3O3S2/c1-23-9-10-4-3-5-13-15(10)19-17(25-13)20-16(22)18-12-7-6-11(21)8-14(12)24-2/h3-8,21H,9H2,1-2H3,(H2,18,19,20,22). The zero-order chi connectivity index (χ0) is 17.8. The van der Waals surface area contributed by atoms with Gasteiger partial charge >= 0.3 is 6.03 Å². The van der Waals surface area contributed by atoms with Crippen molar-refractivity contribution >= 4 is 50.2 Å². The third kappa shape index (κ3) is 4.04. The van der Waals surface area contributed by atoms with Crippen LogP contribution in [0.1, 0.15) is 5.56 Å². The molecule has 0 aliphatic carbocycles. The van der Waals surface area contributed by atoms with Crippen LogP contribution >= 0.6 is 23.1 Å². The fraction of sp³-hybridized carbons (Fsp3) is 0.176. The lowest BCUT2D eigenvalue weighted by atomic mass is 10.2. The van der Waals surface area contributed by atoms with Gasteiger partial charge in [-0.15, -0.1) is 11.8 Å². The maximum absolute atomic E-state index is 12.3. The van der Waals surface area contributed by atoms with Crippen LogP contribution in [0.3, 0.4) is 0 Å². The summed E-state index contributed by atoms with van der Waals surface area (Å²) in [6.45, 7) is 0.470. The van der Waals surface area contributed by atoms with E-state index in [-0.39, 0.29) is 11.8 Å². The van der Waals surface area contributed by atoms with Gasteiger partial charge in [-0.3, -0.25) is 5.32 Å². The zero-order valence-corrected chi connectivity index (χ0v) is 15.3. The molecule has 8 heteroatoms. The minimum absolute atomic E-state index is 0.159. The SMILES string of the molecule is COCc1cccc2sc(NC(=O)Nc3ccc(O)cc3SC)nc12. The maximum Gasteiger partial charge on any atom is 0.325 e. The molecule has 1 heterocycles. The molecule has 0 fully saturated rings. The summed E-state index contributed by atoms with van der Waals surface area (Å²) in [6.07, 6.45) is 1.88. The predicted molar refractivity (Wildman–Crippen MR) is 103 cm³/mol. The second-order valence-electron chi connectivity index (χ2n) is 5.18. The quantitative estimate of drug-likeness (QED) is 0.451. The third-order valence-electron chi connectivity index (χ3n) is 3.46. The molecule has 6 nitrogen and oxygen atoms in total. The van der Waals surface area contributed by atoms with Crippen molar-refractivity contribution in [3.63, 3.8) is 0 Å². The molecule has 0 aliphatic heterocycles. The highest BCUT2D eigenvalue weighted by atomic mass is 32.2. The van der Waals surface area contributed by atoms with E-state index in [1.165, 1.54) is 29.2 Å². The van der Waals surface area contributed by atoms with Gasteiger partial charge in [-0.05, 0) is 30.5 Å². The molecule has 25 heavy (non-hydrogen) atoms. The number of phenols is 1. The molecule has 0 unspecified atom stereocenters. The summed E-state index contributed by atoms with van der Waals surface area (Å²) in [4.78, 5) is 17.5. The molecular weight excluding hydrogens is 358 g/mol. The topological polar surface area (TPSA) is 83.5 Å². The second kappa shape index (κ2) is 7.73. The number of fused-ring (bicyclic) bond motifs is 1. The molecule has 1 aromatic heterocycles. The van der Waals surface area contributed by atoms with Crippen LogP contribution in [-0.2, 0) is 11.3 Å².